The molecule has 0 aliphatic rings. The lowest BCUT2D eigenvalue weighted by molar-refractivity contribution is 0.102. The van der Waals surface area contributed by atoms with Crippen LogP contribution >= 0.6 is 11.3 Å². The maximum Gasteiger partial charge on any atom is 0.257 e. The topological polar surface area (TPSA) is 76.1 Å². The number of rotatable bonds is 3. The van der Waals surface area contributed by atoms with E-state index >= 15 is 0 Å². The Bertz CT molecular complexity index is 703. The molecule has 0 radical (unpaired) electrons. The molecule has 2 rings (SSSR count). The highest BCUT2D eigenvalue weighted by Crippen LogP contribution is 2.18. The standard InChI is InChI=1S/C12H12N2O3S2/c1-8-7-13-12(18-8)14-11(15)9-3-5-10(6-4-9)19(2,16)17/h3-7H,1-2H3,(H,13,14,15). The van der Waals surface area contributed by atoms with E-state index in [2.05, 4.69) is 10.3 Å². The molecule has 1 aromatic heterocycles. The largest absolute Gasteiger partial charge is 0.298 e. The van der Waals surface area contributed by atoms with E-state index in [0.717, 1.165) is 11.1 Å². The van der Waals surface area contributed by atoms with Gasteiger partial charge in [0.1, 0.15) is 0 Å². The molecule has 1 N–H and O–H groups in total. The second-order valence-electron chi connectivity index (χ2n) is 4.03. The molecular weight excluding hydrogens is 284 g/mol. The van der Waals surface area contributed by atoms with Crippen molar-refractivity contribution in [3.05, 3.63) is 40.9 Å². The lowest BCUT2D eigenvalue weighted by Crippen LogP contribution is -2.11. The van der Waals surface area contributed by atoms with Crippen LogP contribution in [0.2, 0.25) is 0 Å². The minimum Gasteiger partial charge on any atom is -0.298 e. The zero-order chi connectivity index (χ0) is 14.0. The molecule has 2 aromatic rings. The van der Waals surface area contributed by atoms with Gasteiger partial charge in [0, 0.05) is 22.9 Å². The summed E-state index contributed by atoms with van der Waals surface area (Å²) in [6.45, 7) is 1.90. The summed E-state index contributed by atoms with van der Waals surface area (Å²) in [5.41, 5.74) is 0.389. The summed E-state index contributed by atoms with van der Waals surface area (Å²) in [6, 6.07) is 5.78. The molecule has 0 aliphatic heterocycles. The number of benzene rings is 1. The van der Waals surface area contributed by atoms with Gasteiger partial charge in [-0.15, -0.1) is 11.3 Å². The van der Waals surface area contributed by atoms with E-state index in [1.54, 1.807) is 6.20 Å². The number of anilines is 1. The lowest BCUT2D eigenvalue weighted by Gasteiger charge is -2.03. The summed E-state index contributed by atoms with van der Waals surface area (Å²) in [4.78, 5) is 17.1. The SMILES string of the molecule is Cc1cnc(NC(=O)c2ccc(S(C)(=O)=O)cc2)s1. The quantitative estimate of drug-likeness (QED) is 0.941. The van der Waals surface area contributed by atoms with E-state index in [0.29, 0.717) is 10.7 Å². The summed E-state index contributed by atoms with van der Waals surface area (Å²) in [5, 5.41) is 3.18. The van der Waals surface area contributed by atoms with Gasteiger partial charge in [0.25, 0.3) is 5.91 Å². The minimum atomic E-state index is -3.24. The van der Waals surface area contributed by atoms with Crippen molar-refractivity contribution < 1.29 is 13.2 Å². The second kappa shape index (κ2) is 5.10. The first-order valence-corrected chi connectivity index (χ1v) is 8.11. The maximum absolute atomic E-state index is 11.9. The Morgan fingerprint density at radius 1 is 1.26 bits per heavy atom. The fourth-order valence-corrected chi connectivity index (χ4v) is 2.73. The Kier molecular flexibility index (Phi) is 3.68. The third-order valence-electron chi connectivity index (χ3n) is 2.39. The number of carbonyl (C=O) groups is 1. The summed E-state index contributed by atoms with van der Waals surface area (Å²) < 4.78 is 22.6. The number of thiazole rings is 1. The van der Waals surface area contributed by atoms with E-state index < -0.39 is 9.84 Å². The summed E-state index contributed by atoms with van der Waals surface area (Å²) in [5.74, 6) is -0.311. The molecule has 0 saturated carbocycles. The number of carbonyl (C=O) groups excluding carboxylic acids is 1. The van der Waals surface area contributed by atoms with Crippen LogP contribution in [0.4, 0.5) is 5.13 Å². The van der Waals surface area contributed by atoms with Crippen molar-refractivity contribution in [1.29, 1.82) is 0 Å². The number of aromatic nitrogens is 1. The Balaban J connectivity index is 2.16. The van der Waals surface area contributed by atoms with E-state index in [1.807, 2.05) is 6.92 Å². The normalized spacial score (nSPS) is 11.3. The third-order valence-corrected chi connectivity index (χ3v) is 4.34. The van der Waals surface area contributed by atoms with Gasteiger partial charge in [-0.1, -0.05) is 0 Å². The van der Waals surface area contributed by atoms with Gasteiger partial charge in [-0.05, 0) is 31.2 Å². The predicted molar refractivity (Wildman–Crippen MR) is 74.4 cm³/mol. The molecule has 0 fully saturated rings. The van der Waals surface area contributed by atoms with Gasteiger partial charge in [0.2, 0.25) is 0 Å². The van der Waals surface area contributed by atoms with Crippen molar-refractivity contribution in [2.75, 3.05) is 11.6 Å². The molecule has 19 heavy (non-hydrogen) atoms. The zero-order valence-corrected chi connectivity index (χ0v) is 12.0. The van der Waals surface area contributed by atoms with E-state index in [4.69, 9.17) is 0 Å². The Labute approximate surface area is 115 Å². The van der Waals surface area contributed by atoms with Crippen molar-refractivity contribution in [3.8, 4) is 0 Å². The molecule has 1 aromatic carbocycles. The average Bonchev–Trinajstić information content (AvgIpc) is 2.74. The fraction of sp³-hybridized carbons (Fsp3) is 0.167. The smallest absolute Gasteiger partial charge is 0.257 e. The number of nitrogens with one attached hydrogen (secondary N) is 1. The third kappa shape index (κ3) is 3.39. The highest BCUT2D eigenvalue weighted by molar-refractivity contribution is 7.90. The number of sulfone groups is 1. The summed E-state index contributed by atoms with van der Waals surface area (Å²) in [7, 11) is -3.24. The number of hydrogen-bond donors (Lipinski definition) is 1. The van der Waals surface area contributed by atoms with Gasteiger partial charge in [-0.2, -0.15) is 0 Å². The van der Waals surface area contributed by atoms with Gasteiger partial charge >= 0.3 is 0 Å². The van der Waals surface area contributed by atoms with E-state index in [-0.39, 0.29) is 10.8 Å². The molecule has 7 heteroatoms. The summed E-state index contributed by atoms with van der Waals surface area (Å²) >= 11 is 1.38. The first-order valence-electron chi connectivity index (χ1n) is 5.40. The molecule has 0 atom stereocenters. The molecule has 0 unspecified atom stereocenters. The van der Waals surface area contributed by atoms with Crippen LogP contribution in [0.25, 0.3) is 0 Å². The minimum absolute atomic E-state index is 0.189. The van der Waals surface area contributed by atoms with Crippen molar-refractivity contribution >= 4 is 32.2 Å². The Hall–Kier alpha value is -1.73. The molecule has 0 bridgehead atoms. The zero-order valence-electron chi connectivity index (χ0n) is 10.4. The Morgan fingerprint density at radius 3 is 2.37 bits per heavy atom. The fourth-order valence-electron chi connectivity index (χ4n) is 1.44. The van der Waals surface area contributed by atoms with Crippen molar-refractivity contribution in [2.24, 2.45) is 0 Å². The molecule has 0 saturated heterocycles. The lowest BCUT2D eigenvalue weighted by atomic mass is 10.2. The number of nitrogens with zero attached hydrogens (tertiary/aromatic N) is 1. The monoisotopic (exact) mass is 296 g/mol. The van der Waals surface area contributed by atoms with Gasteiger partial charge < -0.3 is 0 Å². The van der Waals surface area contributed by atoms with Crippen LogP contribution in [0, 0.1) is 6.92 Å². The molecule has 1 amide bonds. The Morgan fingerprint density at radius 2 is 1.89 bits per heavy atom. The molecule has 0 spiro atoms. The summed E-state index contributed by atoms with van der Waals surface area (Å²) in [6.07, 6.45) is 2.80. The van der Waals surface area contributed by atoms with Crippen LogP contribution in [0.1, 0.15) is 15.2 Å². The van der Waals surface area contributed by atoms with Gasteiger partial charge in [0.05, 0.1) is 4.90 Å². The molecule has 1 heterocycles. The molecular formula is C12H12N2O3S2. The van der Waals surface area contributed by atoms with Crippen molar-refractivity contribution in [2.45, 2.75) is 11.8 Å². The van der Waals surface area contributed by atoms with Gasteiger partial charge in [-0.25, -0.2) is 13.4 Å². The number of hydrogen-bond acceptors (Lipinski definition) is 5. The predicted octanol–water partition coefficient (Wildman–Crippen LogP) is 2.11. The molecule has 100 valence electrons. The van der Waals surface area contributed by atoms with Crippen molar-refractivity contribution in [3.63, 3.8) is 0 Å². The maximum atomic E-state index is 11.9. The van der Waals surface area contributed by atoms with Crippen LogP contribution in [0.5, 0.6) is 0 Å². The first-order chi connectivity index (χ1) is 8.86. The first kappa shape index (κ1) is 13.7. The van der Waals surface area contributed by atoms with Crippen molar-refractivity contribution in [1.82, 2.24) is 4.98 Å². The van der Waals surface area contributed by atoms with Gasteiger partial charge in [-0.3, -0.25) is 10.1 Å². The van der Waals surface area contributed by atoms with Gasteiger partial charge in [0.15, 0.2) is 15.0 Å². The molecule has 0 aliphatic carbocycles. The van der Waals surface area contributed by atoms with Crippen LogP contribution in [0.3, 0.4) is 0 Å². The highest BCUT2D eigenvalue weighted by atomic mass is 32.2. The van der Waals surface area contributed by atoms with Crippen LogP contribution in [0.15, 0.2) is 35.4 Å². The van der Waals surface area contributed by atoms with Crippen LogP contribution in [-0.2, 0) is 9.84 Å². The number of amides is 1. The number of aryl methyl sites for hydroxylation is 1. The van der Waals surface area contributed by atoms with E-state index in [1.165, 1.54) is 35.6 Å². The van der Waals surface area contributed by atoms with Crippen LogP contribution in [-0.4, -0.2) is 25.6 Å². The molecule has 5 nitrogen and oxygen atoms in total. The van der Waals surface area contributed by atoms with E-state index in [9.17, 15) is 13.2 Å². The average molecular weight is 296 g/mol. The van der Waals surface area contributed by atoms with Crippen LogP contribution < -0.4 is 5.32 Å². The highest BCUT2D eigenvalue weighted by Gasteiger charge is 2.11. The second-order valence-corrected chi connectivity index (χ2v) is 7.28.